The van der Waals surface area contributed by atoms with E-state index < -0.39 is 10.0 Å². The molecule has 0 aromatic heterocycles. The van der Waals surface area contributed by atoms with Crippen molar-refractivity contribution in [3.05, 3.63) is 82.9 Å². The van der Waals surface area contributed by atoms with Crippen LogP contribution in [0.15, 0.2) is 71.6 Å². The van der Waals surface area contributed by atoms with E-state index in [0.29, 0.717) is 16.4 Å². The SMILES string of the molecule is COc1ccc(CC(=O)Nc2ccc(S(=O)(=O)Nc3ccc(C)c(Cl)c3)cc2)cc1. The number of aryl methyl sites for hydroxylation is 1. The summed E-state index contributed by atoms with van der Waals surface area (Å²) >= 11 is 6.05. The predicted octanol–water partition coefficient (Wildman–Crippen LogP) is 4.64. The van der Waals surface area contributed by atoms with E-state index in [2.05, 4.69) is 10.0 Å². The number of ether oxygens (including phenoxy) is 1. The Labute approximate surface area is 180 Å². The number of halogens is 1. The van der Waals surface area contributed by atoms with Crippen LogP contribution in [0.25, 0.3) is 0 Å². The summed E-state index contributed by atoms with van der Waals surface area (Å²) in [5.74, 6) is 0.515. The van der Waals surface area contributed by atoms with Gasteiger partial charge in [-0.1, -0.05) is 29.8 Å². The van der Waals surface area contributed by atoms with Gasteiger partial charge >= 0.3 is 0 Å². The van der Waals surface area contributed by atoms with Gasteiger partial charge in [-0.05, 0) is 66.6 Å². The van der Waals surface area contributed by atoms with Crippen molar-refractivity contribution < 1.29 is 17.9 Å². The van der Waals surface area contributed by atoms with Crippen LogP contribution in [0, 0.1) is 6.92 Å². The van der Waals surface area contributed by atoms with E-state index in [1.807, 2.05) is 19.1 Å². The van der Waals surface area contributed by atoms with E-state index in [4.69, 9.17) is 16.3 Å². The molecule has 0 radical (unpaired) electrons. The van der Waals surface area contributed by atoms with Gasteiger partial charge in [0, 0.05) is 10.7 Å². The Balaban J connectivity index is 1.64. The van der Waals surface area contributed by atoms with Crippen LogP contribution in [-0.4, -0.2) is 21.4 Å². The minimum Gasteiger partial charge on any atom is -0.497 e. The standard InChI is InChI=1S/C22H21ClN2O4S/c1-15-3-6-18(14-21(15)23)25-30(27,28)20-11-7-17(8-12-20)24-22(26)13-16-4-9-19(29-2)10-5-16/h3-12,14,25H,13H2,1-2H3,(H,24,26). The summed E-state index contributed by atoms with van der Waals surface area (Å²) in [6, 6.07) is 18.1. The van der Waals surface area contributed by atoms with Gasteiger partial charge in [0.25, 0.3) is 10.0 Å². The molecule has 2 N–H and O–H groups in total. The predicted molar refractivity (Wildman–Crippen MR) is 119 cm³/mol. The van der Waals surface area contributed by atoms with Crippen molar-refractivity contribution in [1.82, 2.24) is 0 Å². The third-order valence-electron chi connectivity index (χ3n) is 4.40. The van der Waals surface area contributed by atoms with Crippen molar-refractivity contribution >= 4 is 38.9 Å². The van der Waals surface area contributed by atoms with E-state index in [9.17, 15) is 13.2 Å². The summed E-state index contributed by atoms with van der Waals surface area (Å²) < 4.78 is 32.7. The molecule has 0 atom stereocenters. The highest BCUT2D eigenvalue weighted by Gasteiger charge is 2.15. The molecule has 0 aliphatic rings. The Kier molecular flexibility index (Phi) is 6.64. The number of rotatable bonds is 7. The lowest BCUT2D eigenvalue weighted by Gasteiger charge is -2.10. The first kappa shape index (κ1) is 21.7. The quantitative estimate of drug-likeness (QED) is 0.556. The number of amides is 1. The maximum absolute atomic E-state index is 12.6. The topological polar surface area (TPSA) is 84.5 Å². The normalized spacial score (nSPS) is 11.0. The molecule has 0 aliphatic carbocycles. The molecular formula is C22H21ClN2O4S. The Bertz CT molecular complexity index is 1140. The van der Waals surface area contributed by atoms with Crippen LogP contribution in [0.1, 0.15) is 11.1 Å². The highest BCUT2D eigenvalue weighted by atomic mass is 35.5. The molecule has 0 unspecified atom stereocenters. The zero-order chi connectivity index (χ0) is 21.7. The van der Waals surface area contributed by atoms with E-state index in [1.165, 1.54) is 12.1 Å². The second-order valence-corrected chi connectivity index (χ2v) is 8.76. The summed E-state index contributed by atoms with van der Waals surface area (Å²) in [5, 5.41) is 3.24. The molecule has 0 fully saturated rings. The van der Waals surface area contributed by atoms with Gasteiger partial charge in [-0.15, -0.1) is 0 Å². The monoisotopic (exact) mass is 444 g/mol. The second kappa shape index (κ2) is 9.19. The molecule has 0 saturated carbocycles. The van der Waals surface area contributed by atoms with Gasteiger partial charge < -0.3 is 10.1 Å². The highest BCUT2D eigenvalue weighted by molar-refractivity contribution is 7.92. The fraction of sp³-hybridized carbons (Fsp3) is 0.136. The van der Waals surface area contributed by atoms with Gasteiger partial charge in [-0.25, -0.2) is 8.42 Å². The number of methoxy groups -OCH3 is 1. The van der Waals surface area contributed by atoms with E-state index in [0.717, 1.165) is 16.9 Å². The Morgan fingerprint density at radius 1 is 0.967 bits per heavy atom. The van der Waals surface area contributed by atoms with Crippen LogP contribution < -0.4 is 14.8 Å². The molecule has 0 spiro atoms. The third kappa shape index (κ3) is 5.52. The number of sulfonamides is 1. The van der Waals surface area contributed by atoms with Gasteiger partial charge in [0.2, 0.25) is 5.91 Å². The minimum atomic E-state index is -3.78. The van der Waals surface area contributed by atoms with Crippen molar-refractivity contribution in [2.45, 2.75) is 18.2 Å². The van der Waals surface area contributed by atoms with E-state index >= 15 is 0 Å². The summed E-state index contributed by atoms with van der Waals surface area (Å²) in [7, 11) is -2.20. The second-order valence-electron chi connectivity index (χ2n) is 6.67. The average Bonchev–Trinajstić information content (AvgIpc) is 2.71. The number of carbonyl (C=O) groups is 1. The van der Waals surface area contributed by atoms with Crippen LogP contribution in [0.4, 0.5) is 11.4 Å². The fourth-order valence-electron chi connectivity index (χ4n) is 2.72. The zero-order valence-corrected chi connectivity index (χ0v) is 18.0. The minimum absolute atomic E-state index is 0.0763. The molecule has 30 heavy (non-hydrogen) atoms. The third-order valence-corrected chi connectivity index (χ3v) is 6.20. The largest absolute Gasteiger partial charge is 0.497 e. The summed E-state index contributed by atoms with van der Waals surface area (Å²) in [6.45, 7) is 1.84. The molecule has 3 rings (SSSR count). The van der Waals surface area contributed by atoms with Gasteiger partial charge in [-0.3, -0.25) is 9.52 Å². The van der Waals surface area contributed by atoms with Crippen molar-refractivity contribution in [3.63, 3.8) is 0 Å². The number of carbonyl (C=O) groups excluding carboxylic acids is 1. The van der Waals surface area contributed by atoms with Crippen molar-refractivity contribution in [1.29, 1.82) is 0 Å². The zero-order valence-electron chi connectivity index (χ0n) is 16.5. The lowest BCUT2D eigenvalue weighted by molar-refractivity contribution is -0.115. The first-order chi connectivity index (χ1) is 14.3. The molecule has 1 amide bonds. The summed E-state index contributed by atoms with van der Waals surface area (Å²) in [4.78, 5) is 12.3. The fourth-order valence-corrected chi connectivity index (χ4v) is 3.95. The maximum Gasteiger partial charge on any atom is 0.261 e. The van der Waals surface area contributed by atoms with Crippen molar-refractivity contribution in [2.24, 2.45) is 0 Å². The first-order valence-electron chi connectivity index (χ1n) is 9.08. The molecule has 0 saturated heterocycles. The van der Waals surface area contributed by atoms with Gasteiger partial charge in [-0.2, -0.15) is 0 Å². The van der Waals surface area contributed by atoms with Gasteiger partial charge in [0.15, 0.2) is 0 Å². The molecule has 0 aliphatic heterocycles. The van der Waals surface area contributed by atoms with E-state index in [1.54, 1.807) is 49.6 Å². The van der Waals surface area contributed by atoms with Crippen molar-refractivity contribution in [3.8, 4) is 5.75 Å². The first-order valence-corrected chi connectivity index (χ1v) is 10.9. The number of anilines is 2. The summed E-state index contributed by atoms with van der Waals surface area (Å²) in [5.41, 5.74) is 2.58. The lowest BCUT2D eigenvalue weighted by Crippen LogP contribution is -2.15. The molecule has 0 heterocycles. The molecule has 8 heteroatoms. The Morgan fingerprint density at radius 3 is 2.20 bits per heavy atom. The van der Waals surface area contributed by atoms with Crippen LogP contribution in [-0.2, 0) is 21.2 Å². The van der Waals surface area contributed by atoms with Gasteiger partial charge in [0.05, 0.1) is 24.1 Å². The van der Waals surface area contributed by atoms with Gasteiger partial charge in [0.1, 0.15) is 5.75 Å². The summed E-state index contributed by atoms with van der Waals surface area (Å²) in [6.07, 6.45) is 0.194. The van der Waals surface area contributed by atoms with Crippen LogP contribution in [0.2, 0.25) is 5.02 Å². The smallest absolute Gasteiger partial charge is 0.261 e. The Hall–Kier alpha value is -3.03. The van der Waals surface area contributed by atoms with E-state index in [-0.39, 0.29) is 17.2 Å². The molecule has 156 valence electrons. The van der Waals surface area contributed by atoms with Crippen LogP contribution >= 0.6 is 11.6 Å². The molecule has 0 bridgehead atoms. The van der Waals surface area contributed by atoms with Crippen molar-refractivity contribution in [2.75, 3.05) is 17.1 Å². The average molecular weight is 445 g/mol. The molecular weight excluding hydrogens is 424 g/mol. The number of nitrogens with one attached hydrogen (secondary N) is 2. The number of benzene rings is 3. The number of hydrogen-bond acceptors (Lipinski definition) is 4. The number of hydrogen-bond donors (Lipinski definition) is 2. The molecule has 3 aromatic carbocycles. The maximum atomic E-state index is 12.6. The van der Waals surface area contributed by atoms with Crippen LogP contribution in [0.3, 0.4) is 0 Å². The van der Waals surface area contributed by atoms with Crippen LogP contribution in [0.5, 0.6) is 5.75 Å². The molecule has 3 aromatic rings. The Morgan fingerprint density at radius 2 is 1.60 bits per heavy atom. The highest BCUT2D eigenvalue weighted by Crippen LogP contribution is 2.23. The molecule has 6 nitrogen and oxygen atoms in total. The lowest BCUT2D eigenvalue weighted by atomic mass is 10.1.